The van der Waals surface area contributed by atoms with E-state index in [2.05, 4.69) is 47.9 Å². The number of rotatable bonds is 12. The highest BCUT2D eigenvalue weighted by atomic mass is 16.5. The number of benzene rings is 4. The number of carboxylic acids is 1. The Morgan fingerprint density at radius 1 is 0.825 bits per heavy atom. The van der Waals surface area contributed by atoms with Crippen LogP contribution in [0.5, 0.6) is 11.5 Å². The number of aliphatic hydroxyl groups excluding tert-OH is 1. The Kier molecular flexibility index (Phi) is 17.2. The van der Waals surface area contributed by atoms with Crippen LogP contribution in [0.15, 0.2) is 84.9 Å². The standard InChI is InChI=1S/C57H65N9O14/c1-6-41(68)62-39-26-57-36-14-11-15-40(80-56(5,7-2)48(54(77)78)64-43(70)28-59-42(69)27-60-51(39)74)44(36)66-55(57)79-47-35-22-29(3)23-38(52(75)65-45(53(76)58-20-21-67)46(71)34(24-35)25-37(47)57)63-49(72)30(4)61-50(73)33-18-16-32(17-19-33)31-12-9-8-10-13-31/h8-19,21,24-25,29-30,38-39,45-46,48,55,66,71H,6-7,20,22-23,26-28H2,1-5H3,(H,58,76)(H,59,69)(H,60,74)(H,61,73)(H,62,68)(H,63,72)(H,64,70)(H,65,75)(H,77,78)/t29?,30?,38?,39?,45?,46?,48?,55?,56?,57-/m0/s1. The van der Waals surface area contributed by atoms with Crippen LogP contribution in [-0.2, 0) is 55.0 Å². The number of aldehydes is 1. The first-order valence-corrected chi connectivity index (χ1v) is 26.5. The smallest absolute Gasteiger partial charge is 0.330 e. The van der Waals surface area contributed by atoms with Gasteiger partial charge in [-0.1, -0.05) is 75.4 Å². The molecule has 0 radical (unpaired) electrons. The number of aliphatic hydroxyl groups is 1. The van der Waals surface area contributed by atoms with Crippen molar-refractivity contribution in [2.75, 3.05) is 25.0 Å². The zero-order chi connectivity index (χ0) is 57.6. The molecule has 0 fully saturated rings. The highest BCUT2D eigenvalue weighted by molar-refractivity contribution is 5.99. The Bertz CT molecular complexity index is 3100. The molecule has 9 unspecified atom stereocenters. The Morgan fingerprint density at radius 3 is 2.23 bits per heavy atom. The number of nitrogens with one attached hydrogen (secondary N) is 9. The summed E-state index contributed by atoms with van der Waals surface area (Å²) in [6.07, 6.45) is -2.81. The van der Waals surface area contributed by atoms with Crippen molar-refractivity contribution in [1.82, 2.24) is 42.5 Å². The predicted octanol–water partition coefficient (Wildman–Crippen LogP) is 1.15. The average Bonchev–Trinajstić information content (AvgIpc) is 4.17. The SMILES string of the molecule is CCC(=O)NC1C[C@@]23c4cccc(c4NC2Oc2c4cc(cc23)C(O)C(C(=O)NCC=O)NC(=O)C(NC(=O)C(C)NC(=O)c2ccc(-c3ccccc3)cc2)CC(C)C4)OC(C)(CC)C(C(=O)O)NC(=O)CNC(=O)CNC1=O. The van der Waals surface area contributed by atoms with Gasteiger partial charge in [0.05, 0.1) is 30.7 Å². The molecule has 4 aromatic rings. The van der Waals surface area contributed by atoms with Crippen molar-refractivity contribution in [3.05, 3.63) is 113 Å². The summed E-state index contributed by atoms with van der Waals surface area (Å²) in [6, 6.07) is 17.1. The minimum absolute atomic E-state index is 0.0452. The van der Waals surface area contributed by atoms with Crippen LogP contribution in [0.3, 0.4) is 0 Å². The van der Waals surface area contributed by atoms with Crippen molar-refractivity contribution in [2.45, 2.75) is 120 Å². The third-order valence-electron chi connectivity index (χ3n) is 15.1. The number of carbonyl (C=O) groups excluding carboxylic acids is 9. The molecular formula is C57H65N9O14. The molecule has 4 aliphatic heterocycles. The molecule has 4 aromatic carbocycles. The Labute approximate surface area is 460 Å². The number of hydrogen-bond acceptors (Lipinski definition) is 14. The molecule has 0 aliphatic carbocycles. The number of amides is 8. The summed E-state index contributed by atoms with van der Waals surface area (Å²) in [4.78, 5) is 134. The maximum Gasteiger partial charge on any atom is 0.330 e. The van der Waals surface area contributed by atoms with Gasteiger partial charge < -0.3 is 72.3 Å². The molecule has 0 saturated carbocycles. The molecule has 1 spiro atoms. The number of hydrogen-bond donors (Lipinski definition) is 11. The van der Waals surface area contributed by atoms with Crippen molar-refractivity contribution in [1.29, 1.82) is 0 Å². The first kappa shape index (κ1) is 57.3. The number of ether oxygens (including phenoxy) is 2. The van der Waals surface area contributed by atoms with Crippen LogP contribution >= 0.6 is 0 Å². The van der Waals surface area contributed by atoms with E-state index in [4.69, 9.17) is 9.47 Å². The van der Waals surface area contributed by atoms with Gasteiger partial charge in [-0.15, -0.1) is 0 Å². The molecule has 6 bridgehead atoms. The first-order valence-electron chi connectivity index (χ1n) is 26.5. The zero-order valence-corrected chi connectivity index (χ0v) is 44.7. The van der Waals surface area contributed by atoms with Crippen LogP contribution in [0.2, 0.25) is 0 Å². The summed E-state index contributed by atoms with van der Waals surface area (Å²) in [6.45, 7) is 6.23. The molecule has 23 nitrogen and oxygen atoms in total. The maximum atomic E-state index is 14.5. The lowest BCUT2D eigenvalue weighted by atomic mass is 9.70. The Hall–Kier alpha value is -8.86. The summed E-state index contributed by atoms with van der Waals surface area (Å²) >= 11 is 0. The van der Waals surface area contributed by atoms with Crippen LogP contribution in [0.1, 0.15) is 99.0 Å². The number of carboxylic acid groups (broad SMARTS) is 1. The van der Waals surface area contributed by atoms with Crippen molar-refractivity contribution < 1.29 is 67.6 Å². The van der Waals surface area contributed by atoms with Crippen LogP contribution in [0.4, 0.5) is 5.69 Å². The van der Waals surface area contributed by atoms with Crippen LogP contribution in [0.25, 0.3) is 11.1 Å². The monoisotopic (exact) mass is 1100 g/mol. The van der Waals surface area contributed by atoms with E-state index in [1.54, 1.807) is 68.4 Å². The summed E-state index contributed by atoms with van der Waals surface area (Å²) < 4.78 is 13.6. The molecule has 0 aromatic heterocycles. The van der Waals surface area contributed by atoms with Crippen molar-refractivity contribution in [3.63, 3.8) is 0 Å². The second-order valence-corrected chi connectivity index (χ2v) is 20.7. The Morgan fingerprint density at radius 2 is 1.54 bits per heavy atom. The third kappa shape index (κ3) is 11.9. The predicted molar refractivity (Wildman–Crippen MR) is 288 cm³/mol. The molecule has 10 atom stereocenters. The van der Waals surface area contributed by atoms with Crippen LogP contribution < -0.4 is 57.3 Å². The van der Waals surface area contributed by atoms with Gasteiger partial charge in [-0.2, -0.15) is 0 Å². The second kappa shape index (κ2) is 24.0. The molecule has 4 aliphatic rings. The lowest BCUT2D eigenvalue weighted by Crippen LogP contribution is -2.59. The van der Waals surface area contributed by atoms with Crippen LogP contribution in [-0.4, -0.2) is 131 Å². The van der Waals surface area contributed by atoms with Gasteiger partial charge in [0.25, 0.3) is 5.91 Å². The fourth-order valence-corrected chi connectivity index (χ4v) is 10.7. The summed E-state index contributed by atoms with van der Waals surface area (Å²) in [7, 11) is 0. The molecule has 23 heteroatoms. The highest BCUT2D eigenvalue weighted by Crippen LogP contribution is 2.60. The van der Waals surface area contributed by atoms with Crippen molar-refractivity contribution >= 4 is 65.2 Å². The second-order valence-electron chi connectivity index (χ2n) is 20.7. The number of carbonyl (C=O) groups is 10. The average molecular weight is 1100 g/mol. The fraction of sp³-hybridized carbons (Fsp3) is 0.404. The van der Waals surface area contributed by atoms with Gasteiger partial charge in [0.1, 0.15) is 53.7 Å². The van der Waals surface area contributed by atoms with Crippen molar-refractivity contribution in [3.8, 4) is 22.6 Å². The van der Waals surface area contributed by atoms with E-state index in [-0.39, 0.29) is 54.7 Å². The van der Waals surface area contributed by atoms with Gasteiger partial charge in [0, 0.05) is 17.5 Å². The number of fused-ring (bicyclic) bond motifs is 4. The van der Waals surface area contributed by atoms with E-state index in [0.29, 0.717) is 28.7 Å². The van der Waals surface area contributed by atoms with E-state index in [1.165, 1.54) is 13.8 Å². The Balaban J connectivity index is 1.20. The van der Waals surface area contributed by atoms with E-state index in [1.807, 2.05) is 37.3 Å². The number of para-hydroxylation sites is 1. The molecule has 80 heavy (non-hydrogen) atoms. The van der Waals surface area contributed by atoms with E-state index < -0.39 is 132 Å². The summed E-state index contributed by atoms with van der Waals surface area (Å²) in [5, 5.41) is 47.0. The molecule has 11 N–H and O–H groups in total. The normalized spacial score (nSPS) is 25.9. The summed E-state index contributed by atoms with van der Waals surface area (Å²) in [5.74, 6) is -7.63. The first-order chi connectivity index (χ1) is 38.2. The molecule has 8 amide bonds. The molecule has 0 saturated heterocycles. The topological polar surface area (TPSA) is 338 Å². The van der Waals surface area contributed by atoms with Gasteiger partial charge >= 0.3 is 5.97 Å². The van der Waals surface area contributed by atoms with E-state index >= 15 is 0 Å². The lowest BCUT2D eigenvalue weighted by molar-refractivity contribution is -0.148. The van der Waals surface area contributed by atoms with Gasteiger partial charge in [-0.25, -0.2) is 4.79 Å². The number of anilines is 1. The fourth-order valence-electron chi connectivity index (χ4n) is 10.7. The van der Waals surface area contributed by atoms with Crippen LogP contribution in [0, 0.1) is 5.92 Å². The molecular weight excluding hydrogens is 1030 g/mol. The van der Waals surface area contributed by atoms with Gasteiger partial charge in [-0.05, 0) is 104 Å². The molecule has 422 valence electrons. The molecule has 4 heterocycles. The van der Waals surface area contributed by atoms with Crippen molar-refractivity contribution in [2.24, 2.45) is 5.92 Å². The largest absolute Gasteiger partial charge is 0.483 e. The van der Waals surface area contributed by atoms with Gasteiger partial charge in [-0.3, -0.25) is 38.4 Å². The lowest BCUT2D eigenvalue weighted by Gasteiger charge is -2.36. The highest BCUT2D eigenvalue weighted by Gasteiger charge is 2.59. The zero-order valence-electron chi connectivity index (χ0n) is 44.7. The number of aliphatic carboxylic acids is 1. The van der Waals surface area contributed by atoms with Gasteiger partial charge in [0.15, 0.2) is 12.3 Å². The van der Waals surface area contributed by atoms with E-state index in [9.17, 15) is 58.2 Å². The summed E-state index contributed by atoms with van der Waals surface area (Å²) in [5.41, 5.74) is 0.549. The minimum Gasteiger partial charge on any atom is -0.483 e. The third-order valence-corrected chi connectivity index (χ3v) is 15.1. The minimum atomic E-state index is -1.87. The van der Waals surface area contributed by atoms with Gasteiger partial charge in [0.2, 0.25) is 41.4 Å². The van der Waals surface area contributed by atoms with E-state index in [0.717, 1.165) is 11.1 Å². The maximum absolute atomic E-state index is 14.5. The quantitative estimate of drug-likeness (QED) is 0.0887. The molecule has 8 rings (SSSR count).